The number of amides is 1. The molecule has 1 fully saturated rings. The van der Waals surface area contributed by atoms with E-state index in [1.54, 1.807) is 55.5 Å². The Kier molecular flexibility index (Phi) is 16.9. The lowest BCUT2D eigenvalue weighted by Gasteiger charge is -2.43. The number of aromatic nitrogens is 2. The van der Waals surface area contributed by atoms with E-state index in [-0.39, 0.29) is 43.0 Å². The van der Waals surface area contributed by atoms with E-state index in [4.69, 9.17) is 36.9 Å². The van der Waals surface area contributed by atoms with Gasteiger partial charge in [-0.25, -0.2) is 14.2 Å². The van der Waals surface area contributed by atoms with Crippen LogP contribution in [0.1, 0.15) is 67.4 Å². The van der Waals surface area contributed by atoms with Crippen LogP contribution in [0.3, 0.4) is 0 Å². The molecule has 0 bridgehead atoms. The zero-order chi connectivity index (χ0) is 48.2. The number of aryl methyl sites for hydroxylation is 1. The van der Waals surface area contributed by atoms with Crippen molar-refractivity contribution >= 4 is 44.2 Å². The lowest BCUT2D eigenvalue weighted by atomic mass is 9.99. The number of benzene rings is 4. The third-order valence-electron chi connectivity index (χ3n) is 11.0. The number of anilines is 1. The van der Waals surface area contributed by atoms with Crippen LogP contribution >= 0.6 is 7.82 Å². The van der Waals surface area contributed by atoms with Crippen LogP contribution in [-0.4, -0.2) is 76.0 Å². The number of carbonyl (C=O) groups is 2. The zero-order valence-corrected chi connectivity index (χ0v) is 40.2. The summed E-state index contributed by atoms with van der Waals surface area (Å²) in [4.78, 5) is 44.8. The highest BCUT2D eigenvalue weighted by Gasteiger charge is 2.52. The van der Waals surface area contributed by atoms with Gasteiger partial charge in [-0.05, 0) is 40.0 Å². The van der Waals surface area contributed by atoms with Gasteiger partial charge in [0.05, 0.1) is 39.9 Å². The van der Waals surface area contributed by atoms with E-state index in [0.29, 0.717) is 17.1 Å². The van der Waals surface area contributed by atoms with Crippen LogP contribution in [0.5, 0.6) is 11.5 Å². The second-order valence-corrected chi connectivity index (χ2v) is 22.4. The average Bonchev–Trinajstić information content (AvgIpc) is 3.72. The minimum Gasteiger partial charge on any atom is -0.497 e. The first kappa shape index (κ1) is 50.2. The molecule has 1 aliphatic heterocycles. The molecular formula is C49H55N4O12PSi. The highest BCUT2D eigenvalue weighted by molar-refractivity contribution is 7.48. The molecule has 352 valence electrons. The molecule has 6 rings (SSSR count). The molecule has 16 nitrogen and oxygen atoms in total. The van der Waals surface area contributed by atoms with E-state index in [0.717, 1.165) is 10.4 Å². The van der Waals surface area contributed by atoms with Crippen LogP contribution in [-0.2, 0) is 32.0 Å². The number of hydrogen-bond acceptors (Lipinski definition) is 14. The van der Waals surface area contributed by atoms with Gasteiger partial charge >= 0.3 is 19.6 Å². The topological polar surface area (TPSA) is 196 Å². The Morgan fingerprint density at radius 2 is 1.58 bits per heavy atom. The summed E-state index contributed by atoms with van der Waals surface area (Å²) < 4.78 is 65.3. The van der Waals surface area contributed by atoms with Crippen LogP contribution in [0.25, 0.3) is 0 Å². The molecule has 67 heavy (non-hydrogen) atoms. The smallest absolute Gasteiger partial charge is 0.476 e. The fraction of sp³-hybridized carbons (Fsp3) is 0.327. The SMILES string of the molecule is C=CCOC(=O)Nc1nc(=O)n([C@H]2C[C@H](OP(=O)(OCCC#N)OC(C(=O)c3ccccc3)c3cc(OC)cc(OC)c3)[C@@H](CO[Si](c3ccccc3)(c3ccccc3)C(C)(C)C)O2)cc1C. The maximum Gasteiger partial charge on any atom is 0.476 e. The van der Waals surface area contributed by atoms with Gasteiger partial charge in [0, 0.05) is 29.8 Å². The summed E-state index contributed by atoms with van der Waals surface area (Å²) in [5.41, 5.74) is 0.0492. The van der Waals surface area contributed by atoms with E-state index in [2.05, 4.69) is 37.7 Å². The van der Waals surface area contributed by atoms with Gasteiger partial charge in [-0.1, -0.05) is 124 Å². The van der Waals surface area contributed by atoms with E-state index < -0.39 is 69.9 Å². The Hall–Kier alpha value is -6.22. The lowest BCUT2D eigenvalue weighted by Crippen LogP contribution is -2.67. The van der Waals surface area contributed by atoms with Gasteiger partial charge in [-0.3, -0.25) is 28.2 Å². The van der Waals surface area contributed by atoms with E-state index >= 15 is 4.57 Å². The number of methoxy groups -OCH3 is 2. The second kappa shape index (κ2) is 22.5. The second-order valence-electron chi connectivity index (χ2n) is 16.5. The van der Waals surface area contributed by atoms with Gasteiger partial charge in [0.15, 0.2) is 11.9 Å². The third-order valence-corrected chi connectivity index (χ3v) is 17.5. The first-order chi connectivity index (χ1) is 32.1. The molecule has 0 spiro atoms. The number of phosphoric ester groups is 1. The van der Waals surface area contributed by atoms with Gasteiger partial charge in [-0.2, -0.15) is 10.2 Å². The molecule has 2 heterocycles. The summed E-state index contributed by atoms with van der Waals surface area (Å²) in [6, 6.07) is 34.8. The molecule has 0 aliphatic carbocycles. The van der Waals surface area contributed by atoms with Gasteiger partial charge in [0.1, 0.15) is 42.4 Å². The molecule has 0 saturated carbocycles. The van der Waals surface area contributed by atoms with Crippen molar-refractivity contribution in [2.24, 2.45) is 0 Å². The van der Waals surface area contributed by atoms with Crippen molar-refractivity contribution in [3.05, 3.63) is 155 Å². The minimum absolute atomic E-state index is 0.0280. The van der Waals surface area contributed by atoms with Gasteiger partial charge < -0.3 is 23.4 Å². The van der Waals surface area contributed by atoms with Crippen molar-refractivity contribution in [3.8, 4) is 17.6 Å². The zero-order valence-electron chi connectivity index (χ0n) is 38.3. The molecule has 1 aromatic heterocycles. The van der Waals surface area contributed by atoms with Crippen LogP contribution in [0.15, 0.2) is 133 Å². The summed E-state index contributed by atoms with van der Waals surface area (Å²) in [6.07, 6.45) is -3.23. The summed E-state index contributed by atoms with van der Waals surface area (Å²) in [5.74, 6) is 0.0224. The number of ether oxygens (including phenoxy) is 4. The van der Waals surface area contributed by atoms with Crippen molar-refractivity contribution in [3.63, 3.8) is 0 Å². The molecule has 1 aliphatic rings. The van der Waals surface area contributed by atoms with Crippen LogP contribution < -0.4 is 30.9 Å². The Morgan fingerprint density at radius 3 is 2.13 bits per heavy atom. The highest BCUT2D eigenvalue weighted by Crippen LogP contribution is 2.57. The predicted molar refractivity (Wildman–Crippen MR) is 253 cm³/mol. The Balaban J connectivity index is 1.44. The normalized spacial score (nSPS) is 17.4. The number of nitrogens with zero attached hydrogens (tertiary/aromatic N) is 3. The first-order valence-electron chi connectivity index (χ1n) is 21.5. The van der Waals surface area contributed by atoms with Crippen molar-refractivity contribution in [2.75, 3.05) is 39.4 Å². The maximum absolute atomic E-state index is 15.4. The molecule has 18 heteroatoms. The monoisotopic (exact) mass is 950 g/mol. The number of Topliss-reactive ketones (excluding diaryl/α,β-unsaturated/α-hetero) is 1. The number of phosphoric acid groups is 1. The molecule has 1 N–H and O–H groups in total. The van der Waals surface area contributed by atoms with Crippen LogP contribution in [0.4, 0.5) is 10.6 Å². The van der Waals surface area contributed by atoms with Crippen molar-refractivity contribution < 1.29 is 51.1 Å². The summed E-state index contributed by atoms with van der Waals surface area (Å²) in [6.45, 7) is 10.9. The number of rotatable bonds is 21. The number of nitriles is 1. The number of hydrogen-bond donors (Lipinski definition) is 1. The van der Waals surface area contributed by atoms with Gasteiger partial charge in [0.25, 0.3) is 8.32 Å². The summed E-state index contributed by atoms with van der Waals surface area (Å²) in [7, 11) is -5.26. The van der Waals surface area contributed by atoms with E-state index in [1.165, 1.54) is 31.1 Å². The van der Waals surface area contributed by atoms with Crippen LogP contribution in [0.2, 0.25) is 5.04 Å². The van der Waals surface area contributed by atoms with Crippen molar-refractivity contribution in [1.82, 2.24) is 9.55 Å². The predicted octanol–water partition coefficient (Wildman–Crippen LogP) is 8.23. The van der Waals surface area contributed by atoms with Crippen LogP contribution in [0, 0.1) is 18.3 Å². The standard InChI is InChI=1S/C49H55N4O12PSi/c1-8-26-60-48(56)52-46-34(2)32-53(47(55)51-46)43-31-41(42(63-43)33-62-67(49(3,4)5,39-21-14-10-15-22-39)40-23-16-11-17-24-40)64-66(57,61-27-18-25-50)65-45(44(54)35-19-12-9-13-20-35)36-28-37(58-6)30-38(29-36)59-7/h8-17,19-24,28-30,32,41-43,45H,1,18,26-27,31,33H2,2-7H3,(H,51,52,55,56)/t41-,42+,43+,45?,66?/m0/s1. The van der Waals surface area contributed by atoms with Gasteiger partial charge in [-0.15, -0.1) is 0 Å². The van der Waals surface area contributed by atoms with Crippen molar-refractivity contribution in [1.29, 1.82) is 5.26 Å². The van der Waals surface area contributed by atoms with Gasteiger partial charge in [0.2, 0.25) is 0 Å². The lowest BCUT2D eigenvalue weighted by molar-refractivity contribution is -0.0457. The fourth-order valence-electron chi connectivity index (χ4n) is 7.85. The number of nitrogens with one attached hydrogen (secondary N) is 1. The Bertz CT molecular complexity index is 2580. The third kappa shape index (κ3) is 12.0. The quantitative estimate of drug-likeness (QED) is 0.0243. The molecule has 1 amide bonds. The Labute approximate surface area is 391 Å². The summed E-state index contributed by atoms with van der Waals surface area (Å²) >= 11 is 0. The molecule has 2 unspecified atom stereocenters. The van der Waals surface area contributed by atoms with Crippen molar-refractivity contribution in [2.45, 2.75) is 70.1 Å². The number of ketones is 1. The molecule has 5 atom stereocenters. The van der Waals surface area contributed by atoms with E-state index in [9.17, 15) is 19.6 Å². The molecule has 4 aromatic carbocycles. The largest absolute Gasteiger partial charge is 0.497 e. The summed E-state index contributed by atoms with van der Waals surface area (Å²) in [5, 5.41) is 13.5. The first-order valence-corrected chi connectivity index (χ1v) is 24.9. The average molecular weight is 951 g/mol. The van der Waals surface area contributed by atoms with E-state index in [1.807, 2.05) is 66.7 Å². The highest BCUT2D eigenvalue weighted by atomic mass is 31.2. The molecule has 1 saturated heterocycles. The molecule has 0 radical (unpaired) electrons. The minimum atomic E-state index is -4.91. The molecule has 5 aromatic rings. The maximum atomic E-state index is 15.4. The molecular weight excluding hydrogens is 896 g/mol. The fourth-order valence-corrected chi connectivity index (χ4v) is 13.9. The number of carbonyl (C=O) groups excluding carboxylic acids is 2. The Morgan fingerprint density at radius 1 is 0.985 bits per heavy atom.